The van der Waals surface area contributed by atoms with Gasteiger partial charge in [0.2, 0.25) is 0 Å². The van der Waals surface area contributed by atoms with Crippen molar-refractivity contribution < 1.29 is 18.3 Å². The summed E-state index contributed by atoms with van der Waals surface area (Å²) in [6.07, 6.45) is 1.03. The fraction of sp³-hybridized carbons (Fsp3) is 0.500. The standard InChI is InChI=1S/C20H23ClF3N3O/c1-19(28)7-5-14(6-8-19)27-17-10-18(21)26-12-15(17)16-3-2-13(11-25-16)4-9-20(22,23)24/h2-3,10-12,14,28H,4-9H2,1H3,(H,26,27). The minimum atomic E-state index is -4.18. The van der Waals surface area contributed by atoms with E-state index in [2.05, 4.69) is 15.3 Å². The van der Waals surface area contributed by atoms with E-state index in [0.29, 0.717) is 29.3 Å². The van der Waals surface area contributed by atoms with Crippen LogP contribution < -0.4 is 5.32 Å². The first-order chi connectivity index (χ1) is 13.1. The second-order valence-electron chi connectivity index (χ2n) is 7.64. The molecule has 2 N–H and O–H groups in total. The van der Waals surface area contributed by atoms with Crippen LogP contribution in [-0.4, -0.2) is 32.9 Å². The van der Waals surface area contributed by atoms with Crippen molar-refractivity contribution in [3.05, 3.63) is 41.3 Å². The maximum atomic E-state index is 12.4. The Labute approximate surface area is 167 Å². The molecule has 0 aromatic carbocycles. The summed E-state index contributed by atoms with van der Waals surface area (Å²) in [6, 6.07) is 5.28. The van der Waals surface area contributed by atoms with Crippen LogP contribution >= 0.6 is 11.6 Å². The first-order valence-electron chi connectivity index (χ1n) is 9.28. The van der Waals surface area contributed by atoms with Crippen molar-refractivity contribution in [1.82, 2.24) is 9.97 Å². The summed E-state index contributed by atoms with van der Waals surface area (Å²) in [5.74, 6) is 0. The number of rotatable bonds is 5. The van der Waals surface area contributed by atoms with E-state index in [1.165, 1.54) is 6.20 Å². The summed E-state index contributed by atoms with van der Waals surface area (Å²) in [6.45, 7) is 1.85. The summed E-state index contributed by atoms with van der Waals surface area (Å²) in [5, 5.41) is 13.9. The predicted molar refractivity (Wildman–Crippen MR) is 103 cm³/mol. The van der Waals surface area contributed by atoms with Gasteiger partial charge in [0, 0.05) is 36.1 Å². The van der Waals surface area contributed by atoms with Crippen molar-refractivity contribution in [2.75, 3.05) is 5.32 Å². The SMILES string of the molecule is CC1(O)CCC(Nc2cc(Cl)ncc2-c2ccc(CCC(F)(F)F)cn2)CC1. The predicted octanol–water partition coefficient (Wildman–Crippen LogP) is 5.40. The highest BCUT2D eigenvalue weighted by molar-refractivity contribution is 6.29. The van der Waals surface area contributed by atoms with Crippen LogP contribution in [0.5, 0.6) is 0 Å². The molecule has 2 aromatic heterocycles. The fourth-order valence-electron chi connectivity index (χ4n) is 3.38. The van der Waals surface area contributed by atoms with Gasteiger partial charge in [-0.3, -0.25) is 4.98 Å². The summed E-state index contributed by atoms with van der Waals surface area (Å²) in [7, 11) is 0. The summed E-state index contributed by atoms with van der Waals surface area (Å²) < 4.78 is 37.1. The molecule has 1 fully saturated rings. The first kappa shape index (κ1) is 20.9. The molecule has 0 spiro atoms. The Balaban J connectivity index is 1.75. The highest BCUT2D eigenvalue weighted by Crippen LogP contribution is 2.33. The molecule has 1 aliphatic rings. The van der Waals surface area contributed by atoms with Crippen LogP contribution in [0.15, 0.2) is 30.6 Å². The van der Waals surface area contributed by atoms with Crippen molar-refractivity contribution in [3.63, 3.8) is 0 Å². The molecular weight excluding hydrogens is 391 g/mol. The van der Waals surface area contributed by atoms with Crippen molar-refractivity contribution in [2.24, 2.45) is 0 Å². The number of alkyl halides is 3. The largest absolute Gasteiger partial charge is 0.390 e. The van der Waals surface area contributed by atoms with E-state index in [1.54, 1.807) is 24.4 Å². The van der Waals surface area contributed by atoms with Gasteiger partial charge in [-0.2, -0.15) is 13.2 Å². The number of hydrogen-bond acceptors (Lipinski definition) is 4. The van der Waals surface area contributed by atoms with E-state index in [0.717, 1.165) is 24.1 Å². The molecule has 8 heteroatoms. The monoisotopic (exact) mass is 413 g/mol. The topological polar surface area (TPSA) is 58.0 Å². The number of halogens is 4. The molecule has 4 nitrogen and oxygen atoms in total. The number of pyridine rings is 2. The lowest BCUT2D eigenvalue weighted by molar-refractivity contribution is -0.134. The van der Waals surface area contributed by atoms with Crippen molar-refractivity contribution in [1.29, 1.82) is 0 Å². The van der Waals surface area contributed by atoms with Gasteiger partial charge in [-0.15, -0.1) is 0 Å². The van der Waals surface area contributed by atoms with Crippen LogP contribution in [0.3, 0.4) is 0 Å². The average molecular weight is 414 g/mol. The number of nitrogens with zero attached hydrogens (tertiary/aromatic N) is 2. The highest BCUT2D eigenvalue weighted by atomic mass is 35.5. The van der Waals surface area contributed by atoms with E-state index in [9.17, 15) is 18.3 Å². The molecule has 0 saturated heterocycles. The molecule has 2 aromatic rings. The van der Waals surface area contributed by atoms with E-state index in [-0.39, 0.29) is 12.5 Å². The van der Waals surface area contributed by atoms with Gasteiger partial charge in [0.25, 0.3) is 0 Å². The number of aromatic nitrogens is 2. The summed E-state index contributed by atoms with van der Waals surface area (Å²) in [4.78, 5) is 8.45. The van der Waals surface area contributed by atoms with Crippen LogP contribution in [-0.2, 0) is 6.42 Å². The lowest BCUT2D eigenvalue weighted by Gasteiger charge is -2.34. The molecule has 28 heavy (non-hydrogen) atoms. The quantitative estimate of drug-likeness (QED) is 0.644. The molecule has 0 bridgehead atoms. The fourth-order valence-corrected chi connectivity index (χ4v) is 3.53. The van der Waals surface area contributed by atoms with Gasteiger partial charge in [-0.1, -0.05) is 17.7 Å². The molecule has 0 unspecified atom stereocenters. The van der Waals surface area contributed by atoms with Crippen LogP contribution in [0.2, 0.25) is 5.15 Å². The Hall–Kier alpha value is -1.86. The van der Waals surface area contributed by atoms with E-state index >= 15 is 0 Å². The number of hydrogen-bond donors (Lipinski definition) is 2. The number of aliphatic hydroxyl groups is 1. The van der Waals surface area contributed by atoms with E-state index < -0.39 is 18.2 Å². The lowest BCUT2D eigenvalue weighted by Crippen LogP contribution is -2.35. The third-order valence-corrected chi connectivity index (χ3v) is 5.30. The molecule has 0 atom stereocenters. The van der Waals surface area contributed by atoms with Gasteiger partial charge in [0.1, 0.15) is 5.15 Å². The molecule has 1 aliphatic carbocycles. The Bertz CT molecular complexity index is 799. The van der Waals surface area contributed by atoms with Crippen molar-refractivity contribution in [2.45, 2.75) is 63.3 Å². The maximum Gasteiger partial charge on any atom is 0.389 e. The normalized spacial score (nSPS) is 22.9. The van der Waals surface area contributed by atoms with Crippen LogP contribution in [0.25, 0.3) is 11.3 Å². The zero-order valence-corrected chi connectivity index (χ0v) is 16.3. The number of aryl methyl sites for hydroxylation is 1. The van der Waals surface area contributed by atoms with Crippen LogP contribution in [0, 0.1) is 0 Å². The maximum absolute atomic E-state index is 12.4. The van der Waals surface area contributed by atoms with Gasteiger partial charge in [0.05, 0.1) is 11.3 Å². The van der Waals surface area contributed by atoms with Crippen LogP contribution in [0.1, 0.15) is 44.6 Å². The molecule has 2 heterocycles. The number of nitrogens with one attached hydrogen (secondary N) is 1. The van der Waals surface area contributed by atoms with Crippen LogP contribution in [0.4, 0.5) is 18.9 Å². The number of anilines is 1. The Morgan fingerprint density at radius 1 is 1.21 bits per heavy atom. The molecule has 0 amide bonds. The van der Waals surface area contributed by atoms with Gasteiger partial charge < -0.3 is 10.4 Å². The van der Waals surface area contributed by atoms with E-state index in [4.69, 9.17) is 11.6 Å². The second kappa shape index (κ2) is 8.25. The zero-order valence-electron chi connectivity index (χ0n) is 15.6. The highest BCUT2D eigenvalue weighted by Gasteiger charge is 2.29. The zero-order chi connectivity index (χ0) is 20.4. The molecule has 0 aliphatic heterocycles. The third-order valence-electron chi connectivity index (χ3n) is 5.09. The van der Waals surface area contributed by atoms with Crippen molar-refractivity contribution in [3.8, 4) is 11.3 Å². The van der Waals surface area contributed by atoms with Gasteiger partial charge in [-0.25, -0.2) is 4.98 Å². The second-order valence-corrected chi connectivity index (χ2v) is 8.02. The molecule has 0 radical (unpaired) electrons. The van der Waals surface area contributed by atoms with Gasteiger partial charge in [-0.05, 0) is 56.7 Å². The summed E-state index contributed by atoms with van der Waals surface area (Å²) >= 11 is 6.06. The van der Waals surface area contributed by atoms with Gasteiger partial charge >= 0.3 is 6.18 Å². The van der Waals surface area contributed by atoms with Gasteiger partial charge in [0.15, 0.2) is 0 Å². The minimum Gasteiger partial charge on any atom is -0.390 e. The molecular formula is C20H23ClF3N3O. The average Bonchev–Trinajstić information content (AvgIpc) is 2.62. The third kappa shape index (κ3) is 5.82. The van der Waals surface area contributed by atoms with Crippen molar-refractivity contribution >= 4 is 17.3 Å². The lowest BCUT2D eigenvalue weighted by atomic mass is 9.83. The smallest absolute Gasteiger partial charge is 0.389 e. The Morgan fingerprint density at radius 2 is 1.93 bits per heavy atom. The Kier molecular flexibility index (Phi) is 6.15. The minimum absolute atomic E-state index is 0.0945. The Morgan fingerprint density at radius 3 is 2.54 bits per heavy atom. The molecule has 1 saturated carbocycles. The van der Waals surface area contributed by atoms with E-state index in [1.807, 2.05) is 6.92 Å². The molecule has 152 valence electrons. The molecule has 3 rings (SSSR count). The summed E-state index contributed by atoms with van der Waals surface area (Å²) in [5.41, 5.74) is 2.05. The first-order valence-corrected chi connectivity index (χ1v) is 9.66.